The van der Waals surface area contributed by atoms with Gasteiger partial charge in [-0.3, -0.25) is 0 Å². The molecule has 0 fully saturated rings. The second-order valence-electron chi connectivity index (χ2n) is 2.61. The zero-order valence-corrected chi connectivity index (χ0v) is 9.24. The molecule has 1 aromatic carbocycles. The van der Waals surface area contributed by atoms with E-state index in [4.69, 9.17) is 0 Å². The Morgan fingerprint density at radius 1 is 1.29 bits per heavy atom. The third-order valence-corrected chi connectivity index (χ3v) is 2.13. The van der Waals surface area contributed by atoms with Gasteiger partial charge >= 0.3 is 16.5 Å². The molecule has 14 heavy (non-hydrogen) atoms. The Balaban J connectivity index is 0.00000169. The van der Waals surface area contributed by atoms with Crippen molar-refractivity contribution in [3.63, 3.8) is 0 Å². The van der Waals surface area contributed by atoms with Gasteiger partial charge in [-0.2, -0.15) is 0 Å². The van der Waals surface area contributed by atoms with Crippen LogP contribution in [0.4, 0.5) is 0 Å². The fourth-order valence-corrected chi connectivity index (χ4v) is 1.49. The number of hydrogen-bond donors (Lipinski definition) is 0. The molecule has 1 unspecified atom stereocenters. The standard InChI is InChI=1S/C8H11O4P.Ni/c1-7(12-13(9,10)11)8-5-3-2-4-6-8;/h2-7H,1H3,(H2,9,10,11);/q;+2/p-2. The van der Waals surface area contributed by atoms with Crippen LogP contribution in [-0.4, -0.2) is 0 Å². The van der Waals surface area contributed by atoms with Crippen molar-refractivity contribution in [2.45, 2.75) is 13.0 Å². The largest absolute Gasteiger partial charge is 2.00 e. The Labute approximate surface area is 92.5 Å². The number of hydrogen-bond acceptors (Lipinski definition) is 4. The molecule has 0 bridgehead atoms. The maximum Gasteiger partial charge on any atom is 2.00 e. The van der Waals surface area contributed by atoms with Gasteiger partial charge in [0.1, 0.15) is 0 Å². The summed E-state index contributed by atoms with van der Waals surface area (Å²) in [6, 6.07) is 8.68. The molecule has 0 aliphatic rings. The molecule has 1 rings (SSSR count). The number of phosphoric ester groups is 1. The molecule has 0 radical (unpaired) electrons. The SMILES string of the molecule is CC(OP(=O)([O-])[O-])c1ccccc1.[Ni+2]. The van der Waals surface area contributed by atoms with Crippen molar-refractivity contribution in [2.24, 2.45) is 0 Å². The molecule has 0 saturated heterocycles. The minimum Gasteiger partial charge on any atom is -0.790 e. The molecule has 0 N–H and O–H groups in total. The van der Waals surface area contributed by atoms with Crippen LogP contribution in [0.2, 0.25) is 0 Å². The summed E-state index contributed by atoms with van der Waals surface area (Å²) in [6.45, 7) is 1.51. The predicted molar refractivity (Wildman–Crippen MR) is 43.5 cm³/mol. The van der Waals surface area contributed by atoms with Gasteiger partial charge < -0.3 is 18.9 Å². The average molecular weight is 259 g/mol. The average Bonchev–Trinajstić information content (AvgIpc) is 2.03. The first-order chi connectivity index (χ1) is 5.99. The van der Waals surface area contributed by atoms with Crippen LogP contribution in [0.3, 0.4) is 0 Å². The van der Waals surface area contributed by atoms with Gasteiger partial charge in [0.2, 0.25) is 0 Å². The van der Waals surface area contributed by atoms with Crippen molar-refractivity contribution in [3.8, 4) is 0 Å². The van der Waals surface area contributed by atoms with E-state index in [0.717, 1.165) is 0 Å². The first-order valence-electron chi connectivity index (χ1n) is 3.74. The van der Waals surface area contributed by atoms with Crippen LogP contribution in [0.1, 0.15) is 18.6 Å². The summed E-state index contributed by atoms with van der Waals surface area (Å²) in [4.78, 5) is 20.5. The Bertz CT molecular complexity index is 310. The molecule has 4 nitrogen and oxygen atoms in total. The van der Waals surface area contributed by atoms with Crippen LogP contribution in [0.5, 0.6) is 0 Å². The van der Waals surface area contributed by atoms with Crippen LogP contribution < -0.4 is 9.79 Å². The summed E-state index contributed by atoms with van der Waals surface area (Å²) in [5.41, 5.74) is 0.662. The van der Waals surface area contributed by atoms with E-state index < -0.39 is 13.9 Å². The van der Waals surface area contributed by atoms with E-state index in [-0.39, 0.29) is 16.5 Å². The van der Waals surface area contributed by atoms with Gasteiger partial charge in [0.25, 0.3) is 0 Å². The van der Waals surface area contributed by atoms with E-state index >= 15 is 0 Å². The molecule has 1 aromatic rings. The smallest absolute Gasteiger partial charge is 0.790 e. The van der Waals surface area contributed by atoms with E-state index in [9.17, 15) is 14.4 Å². The van der Waals surface area contributed by atoms with Gasteiger partial charge in [0.15, 0.2) is 0 Å². The van der Waals surface area contributed by atoms with Crippen molar-refractivity contribution in [1.29, 1.82) is 0 Å². The molecule has 80 valence electrons. The minimum atomic E-state index is -4.89. The van der Waals surface area contributed by atoms with Crippen molar-refractivity contribution in [3.05, 3.63) is 35.9 Å². The summed E-state index contributed by atoms with van der Waals surface area (Å²) in [5.74, 6) is 0. The number of phosphoric acid groups is 1. The molecule has 0 aliphatic heterocycles. The maximum atomic E-state index is 10.3. The first-order valence-corrected chi connectivity index (χ1v) is 5.20. The molecule has 6 heteroatoms. The van der Waals surface area contributed by atoms with Gasteiger partial charge in [0, 0.05) is 0 Å². The van der Waals surface area contributed by atoms with E-state index in [0.29, 0.717) is 5.56 Å². The monoisotopic (exact) mass is 258 g/mol. The summed E-state index contributed by atoms with van der Waals surface area (Å²) >= 11 is 0. The van der Waals surface area contributed by atoms with Gasteiger partial charge in [0.05, 0.1) is 13.9 Å². The van der Waals surface area contributed by atoms with E-state index in [1.165, 1.54) is 6.92 Å². The molecule has 0 aromatic heterocycles. The van der Waals surface area contributed by atoms with Crippen LogP contribution in [0.15, 0.2) is 30.3 Å². The summed E-state index contributed by atoms with van der Waals surface area (Å²) in [5, 5.41) is 0. The van der Waals surface area contributed by atoms with Gasteiger partial charge in [-0.25, -0.2) is 0 Å². The molecule has 0 saturated carbocycles. The van der Waals surface area contributed by atoms with E-state index in [1.54, 1.807) is 30.3 Å². The summed E-state index contributed by atoms with van der Waals surface area (Å²) < 4.78 is 14.5. The molecular weight excluding hydrogens is 250 g/mol. The Kier molecular flexibility index (Phi) is 5.57. The number of rotatable bonds is 3. The topological polar surface area (TPSA) is 72.4 Å². The van der Waals surface area contributed by atoms with Crippen LogP contribution >= 0.6 is 7.82 Å². The van der Waals surface area contributed by atoms with Crippen molar-refractivity contribution in [1.82, 2.24) is 0 Å². The third-order valence-electron chi connectivity index (χ3n) is 1.56. The molecular formula is C8H9NiO4P. The minimum absolute atomic E-state index is 0. The van der Waals surface area contributed by atoms with Gasteiger partial charge in [-0.05, 0) is 12.5 Å². The molecule has 0 heterocycles. The van der Waals surface area contributed by atoms with Crippen molar-refractivity contribution in [2.75, 3.05) is 0 Å². The van der Waals surface area contributed by atoms with Gasteiger partial charge in [-0.15, -0.1) is 0 Å². The fraction of sp³-hybridized carbons (Fsp3) is 0.250. The van der Waals surface area contributed by atoms with Crippen molar-refractivity contribution < 1.29 is 35.4 Å². The zero-order valence-electron chi connectivity index (χ0n) is 7.36. The van der Waals surface area contributed by atoms with Crippen LogP contribution in [-0.2, 0) is 25.6 Å². The van der Waals surface area contributed by atoms with Crippen LogP contribution in [0.25, 0.3) is 0 Å². The summed E-state index contributed by atoms with van der Waals surface area (Å²) in [7, 11) is -4.89. The maximum absolute atomic E-state index is 10.3. The summed E-state index contributed by atoms with van der Waals surface area (Å²) in [6.07, 6.45) is -0.720. The third kappa shape index (κ3) is 4.89. The Hall–Kier alpha value is -0.176. The van der Waals surface area contributed by atoms with Crippen LogP contribution in [0, 0.1) is 0 Å². The second kappa shape index (κ2) is 5.64. The quantitative estimate of drug-likeness (QED) is 0.588. The van der Waals surface area contributed by atoms with Crippen molar-refractivity contribution >= 4 is 7.82 Å². The van der Waals surface area contributed by atoms with E-state index in [2.05, 4.69) is 4.52 Å². The molecule has 1 atom stereocenters. The molecule has 0 aliphatic carbocycles. The van der Waals surface area contributed by atoms with Gasteiger partial charge in [-0.1, -0.05) is 30.3 Å². The fourth-order valence-electron chi connectivity index (χ4n) is 0.979. The molecule has 0 spiro atoms. The Morgan fingerprint density at radius 2 is 1.79 bits per heavy atom. The second-order valence-corrected chi connectivity index (χ2v) is 3.71. The molecule has 0 amide bonds. The number of benzene rings is 1. The Morgan fingerprint density at radius 3 is 2.21 bits per heavy atom. The normalized spacial score (nSPS) is 13.1. The zero-order chi connectivity index (χ0) is 9.90. The van der Waals surface area contributed by atoms with E-state index in [1.807, 2.05) is 0 Å². The first kappa shape index (κ1) is 13.8. The predicted octanol–water partition coefficient (Wildman–Crippen LogP) is 0.590.